The van der Waals surface area contributed by atoms with Crippen molar-refractivity contribution in [2.75, 3.05) is 7.11 Å². The molecule has 1 aromatic heterocycles. The maximum Gasteiger partial charge on any atom is 0.349 e. The maximum absolute atomic E-state index is 12.3. The molecule has 5 nitrogen and oxygen atoms in total. The van der Waals surface area contributed by atoms with Crippen molar-refractivity contribution in [2.45, 2.75) is 31.2 Å². The van der Waals surface area contributed by atoms with Gasteiger partial charge >= 0.3 is 5.97 Å². The van der Waals surface area contributed by atoms with Crippen LogP contribution in [0.2, 0.25) is 0 Å². The van der Waals surface area contributed by atoms with E-state index in [1.807, 2.05) is 0 Å². The highest BCUT2D eigenvalue weighted by Crippen LogP contribution is 2.28. The van der Waals surface area contributed by atoms with Crippen molar-refractivity contribution in [1.82, 2.24) is 4.72 Å². The fourth-order valence-corrected chi connectivity index (χ4v) is 4.47. The first-order valence-electron chi connectivity index (χ1n) is 5.33. The molecule has 0 fully saturated rings. The van der Waals surface area contributed by atoms with E-state index in [0.29, 0.717) is 5.56 Å². The van der Waals surface area contributed by atoms with Gasteiger partial charge in [0.2, 0.25) is 10.0 Å². The first-order chi connectivity index (χ1) is 8.64. The fraction of sp³-hybridized carbons (Fsp3) is 0.417. The van der Waals surface area contributed by atoms with E-state index >= 15 is 0 Å². The van der Waals surface area contributed by atoms with Gasteiger partial charge in [0.05, 0.1) is 12.6 Å². The minimum absolute atomic E-state index is 0.0420. The lowest BCUT2D eigenvalue weighted by Gasteiger charge is -2.19. The molecule has 0 saturated carbocycles. The van der Waals surface area contributed by atoms with Gasteiger partial charge in [0.15, 0.2) is 0 Å². The summed E-state index contributed by atoms with van der Waals surface area (Å²) in [4.78, 5) is 11.6. The predicted molar refractivity (Wildman–Crippen MR) is 73.6 cm³/mol. The van der Waals surface area contributed by atoms with Crippen molar-refractivity contribution in [2.24, 2.45) is 0 Å². The number of thiophene rings is 1. The maximum atomic E-state index is 12.3. The summed E-state index contributed by atoms with van der Waals surface area (Å²) < 4.78 is 31.6. The number of ether oxygens (including phenoxy) is 1. The molecular formula is C12H15NO4S2. The Balaban J connectivity index is 3.35. The van der Waals surface area contributed by atoms with Gasteiger partial charge in [0, 0.05) is 0 Å². The number of methoxy groups -OCH3 is 1. The van der Waals surface area contributed by atoms with E-state index in [4.69, 9.17) is 6.42 Å². The van der Waals surface area contributed by atoms with E-state index in [0.717, 1.165) is 11.3 Å². The highest BCUT2D eigenvalue weighted by Gasteiger charge is 2.31. The zero-order valence-corrected chi connectivity index (χ0v) is 12.7. The third-order valence-corrected chi connectivity index (χ3v) is 5.36. The zero-order valence-electron chi connectivity index (χ0n) is 11.1. The van der Waals surface area contributed by atoms with Crippen LogP contribution in [0.15, 0.2) is 10.3 Å². The summed E-state index contributed by atoms with van der Waals surface area (Å²) in [5.41, 5.74) is -0.564. The molecule has 0 saturated heterocycles. The Hall–Kier alpha value is -1.36. The van der Waals surface area contributed by atoms with Crippen molar-refractivity contribution in [3.05, 3.63) is 15.8 Å². The van der Waals surface area contributed by atoms with Crippen molar-refractivity contribution in [3.63, 3.8) is 0 Å². The second-order valence-electron chi connectivity index (χ2n) is 4.44. The number of esters is 1. The Morgan fingerprint density at radius 3 is 2.58 bits per heavy atom. The van der Waals surface area contributed by atoms with Gasteiger partial charge in [0.25, 0.3) is 0 Å². The Morgan fingerprint density at radius 2 is 2.11 bits per heavy atom. The van der Waals surface area contributed by atoms with Crippen LogP contribution in [-0.2, 0) is 14.8 Å². The third-order valence-electron chi connectivity index (χ3n) is 2.31. The molecule has 0 unspecified atom stereocenters. The summed E-state index contributed by atoms with van der Waals surface area (Å²) >= 11 is 1.02. The highest BCUT2D eigenvalue weighted by atomic mass is 32.2. The summed E-state index contributed by atoms with van der Waals surface area (Å²) in [5.74, 6) is 1.66. The summed E-state index contributed by atoms with van der Waals surface area (Å²) in [5, 5.41) is 1.59. The Morgan fingerprint density at radius 1 is 1.53 bits per heavy atom. The lowest BCUT2D eigenvalue weighted by Crippen LogP contribution is -2.42. The molecule has 0 atom stereocenters. The van der Waals surface area contributed by atoms with Crippen molar-refractivity contribution < 1.29 is 17.9 Å². The number of carbonyl (C=O) groups is 1. The molecule has 1 aromatic rings. The second kappa shape index (κ2) is 5.33. The average Bonchev–Trinajstić information content (AvgIpc) is 2.69. The van der Waals surface area contributed by atoms with Crippen LogP contribution >= 0.6 is 11.3 Å². The standard InChI is InChI=1S/C12H15NO4S2/c1-6-12(3,4)13-19(15,16)10-8(2)7-18-9(10)11(14)17-5/h1,7,13H,2-5H3. The van der Waals surface area contributed by atoms with Crippen LogP contribution in [-0.4, -0.2) is 27.0 Å². The van der Waals surface area contributed by atoms with Crippen LogP contribution in [0.3, 0.4) is 0 Å². The van der Waals surface area contributed by atoms with Crippen LogP contribution in [0.25, 0.3) is 0 Å². The van der Waals surface area contributed by atoms with Crippen LogP contribution in [0.1, 0.15) is 29.1 Å². The number of nitrogens with one attached hydrogen (secondary N) is 1. The molecule has 104 valence electrons. The third kappa shape index (κ3) is 3.35. The van der Waals surface area contributed by atoms with Gasteiger partial charge in [-0.3, -0.25) is 0 Å². The van der Waals surface area contributed by atoms with Gasteiger partial charge in [0.1, 0.15) is 9.77 Å². The Labute approximate surface area is 117 Å². The Kier molecular flexibility index (Phi) is 4.40. The molecule has 0 aliphatic carbocycles. The van der Waals surface area contributed by atoms with Crippen molar-refractivity contribution in [1.29, 1.82) is 0 Å². The second-order valence-corrected chi connectivity index (χ2v) is 6.94. The molecule has 0 radical (unpaired) electrons. The quantitative estimate of drug-likeness (QED) is 0.676. The van der Waals surface area contributed by atoms with E-state index < -0.39 is 21.5 Å². The van der Waals surface area contributed by atoms with Gasteiger partial charge in [-0.25, -0.2) is 13.2 Å². The molecule has 0 spiro atoms. The molecule has 0 bridgehead atoms. The number of rotatable bonds is 4. The molecule has 1 N–H and O–H groups in total. The summed E-state index contributed by atoms with van der Waals surface area (Å²) in [7, 11) is -2.69. The molecule has 0 amide bonds. The average molecular weight is 301 g/mol. The molecule has 1 heterocycles. The van der Waals surface area contributed by atoms with Crippen LogP contribution in [0.4, 0.5) is 0 Å². The number of sulfonamides is 1. The number of carbonyl (C=O) groups excluding carboxylic acids is 1. The van der Waals surface area contributed by atoms with Crippen LogP contribution in [0.5, 0.6) is 0 Å². The van der Waals surface area contributed by atoms with Crippen molar-refractivity contribution in [3.8, 4) is 12.3 Å². The minimum Gasteiger partial charge on any atom is -0.465 e. The normalized spacial score (nSPS) is 11.9. The van der Waals surface area contributed by atoms with Gasteiger partial charge in [-0.15, -0.1) is 17.8 Å². The SMILES string of the molecule is C#CC(C)(C)NS(=O)(=O)c1c(C)csc1C(=O)OC. The lowest BCUT2D eigenvalue weighted by molar-refractivity contribution is 0.0602. The summed E-state index contributed by atoms with van der Waals surface area (Å²) in [6.45, 7) is 4.73. The number of aryl methyl sites for hydroxylation is 1. The first kappa shape index (κ1) is 15.7. The van der Waals surface area contributed by atoms with Gasteiger partial charge < -0.3 is 4.74 Å². The lowest BCUT2D eigenvalue weighted by atomic mass is 10.1. The van der Waals surface area contributed by atoms with E-state index in [1.54, 1.807) is 26.2 Å². The van der Waals surface area contributed by atoms with Crippen LogP contribution in [0, 0.1) is 19.3 Å². The largest absolute Gasteiger partial charge is 0.465 e. The summed E-state index contributed by atoms with van der Waals surface area (Å²) in [6.07, 6.45) is 5.26. The number of hydrogen-bond acceptors (Lipinski definition) is 5. The molecule has 0 aliphatic rings. The monoisotopic (exact) mass is 301 g/mol. The van der Waals surface area contributed by atoms with Crippen molar-refractivity contribution >= 4 is 27.3 Å². The zero-order chi connectivity index (χ0) is 14.8. The van der Waals surface area contributed by atoms with Gasteiger partial charge in [-0.1, -0.05) is 5.92 Å². The molecule has 0 aliphatic heterocycles. The minimum atomic E-state index is -3.89. The van der Waals surface area contributed by atoms with E-state index in [9.17, 15) is 13.2 Å². The fourth-order valence-electron chi connectivity index (χ4n) is 1.42. The predicted octanol–water partition coefficient (Wildman–Crippen LogP) is 1.53. The van der Waals surface area contributed by atoms with Gasteiger partial charge in [-0.05, 0) is 31.7 Å². The van der Waals surface area contributed by atoms with E-state index in [-0.39, 0.29) is 9.77 Å². The molecule has 19 heavy (non-hydrogen) atoms. The number of hydrogen-bond donors (Lipinski definition) is 1. The molecular weight excluding hydrogens is 286 g/mol. The smallest absolute Gasteiger partial charge is 0.349 e. The topological polar surface area (TPSA) is 72.5 Å². The molecule has 1 rings (SSSR count). The van der Waals surface area contributed by atoms with E-state index in [1.165, 1.54) is 7.11 Å². The summed E-state index contributed by atoms with van der Waals surface area (Å²) in [6, 6.07) is 0. The molecule has 7 heteroatoms. The van der Waals surface area contributed by atoms with Gasteiger partial charge in [-0.2, -0.15) is 4.72 Å². The highest BCUT2D eigenvalue weighted by molar-refractivity contribution is 7.89. The Bertz CT molecular complexity index is 635. The van der Waals surface area contributed by atoms with E-state index in [2.05, 4.69) is 15.4 Å². The van der Waals surface area contributed by atoms with Crippen LogP contribution < -0.4 is 4.72 Å². The first-order valence-corrected chi connectivity index (χ1v) is 7.69. The number of terminal acetylenes is 1. The molecule has 0 aromatic carbocycles.